The lowest BCUT2D eigenvalue weighted by Gasteiger charge is -2.38. The van der Waals surface area contributed by atoms with Gasteiger partial charge in [-0.15, -0.1) is 0 Å². The van der Waals surface area contributed by atoms with Crippen LogP contribution in [0.3, 0.4) is 0 Å². The standard InChI is InChI=1S/C15H27NSi/c1-6-15(12-16-2,13-17(3,4)5)14-10-8-7-9-11-14/h7-11,16H,6,12-13H2,1-5H3. The van der Waals surface area contributed by atoms with Crippen molar-refractivity contribution in [3.63, 3.8) is 0 Å². The Labute approximate surface area is 108 Å². The van der Waals surface area contributed by atoms with Crippen LogP contribution in [0.25, 0.3) is 0 Å². The molecule has 1 rings (SSSR count). The molecule has 0 aromatic heterocycles. The quantitative estimate of drug-likeness (QED) is 0.754. The topological polar surface area (TPSA) is 12.0 Å². The molecule has 17 heavy (non-hydrogen) atoms. The molecule has 0 saturated carbocycles. The van der Waals surface area contributed by atoms with E-state index in [1.54, 1.807) is 0 Å². The molecule has 1 N–H and O–H groups in total. The van der Waals surface area contributed by atoms with E-state index in [1.807, 2.05) is 0 Å². The van der Waals surface area contributed by atoms with Crippen molar-refractivity contribution in [3.05, 3.63) is 35.9 Å². The van der Waals surface area contributed by atoms with E-state index >= 15 is 0 Å². The molecule has 2 heteroatoms. The molecular weight excluding hydrogens is 222 g/mol. The van der Waals surface area contributed by atoms with Crippen molar-refractivity contribution in [2.75, 3.05) is 13.6 Å². The zero-order valence-corrected chi connectivity index (χ0v) is 13.0. The van der Waals surface area contributed by atoms with E-state index in [4.69, 9.17) is 0 Å². The molecule has 0 spiro atoms. The van der Waals surface area contributed by atoms with E-state index in [0.717, 1.165) is 6.54 Å². The van der Waals surface area contributed by atoms with Crippen molar-refractivity contribution >= 4 is 8.07 Å². The van der Waals surface area contributed by atoms with Crippen LogP contribution in [-0.2, 0) is 5.41 Å². The second-order valence-corrected chi connectivity index (χ2v) is 11.7. The summed E-state index contributed by atoms with van der Waals surface area (Å²) in [4.78, 5) is 0. The molecule has 0 saturated heterocycles. The summed E-state index contributed by atoms with van der Waals surface area (Å²) in [6.07, 6.45) is 1.21. The molecule has 0 bridgehead atoms. The Morgan fingerprint density at radius 3 is 2.12 bits per heavy atom. The fraction of sp³-hybridized carbons (Fsp3) is 0.600. The van der Waals surface area contributed by atoms with Crippen LogP contribution in [0.15, 0.2) is 30.3 Å². The van der Waals surface area contributed by atoms with Gasteiger partial charge in [0.2, 0.25) is 0 Å². The highest BCUT2D eigenvalue weighted by Crippen LogP contribution is 2.36. The SMILES string of the molecule is CCC(CNC)(C[Si](C)(C)C)c1ccccc1. The van der Waals surface area contributed by atoms with Crippen molar-refractivity contribution in [1.82, 2.24) is 5.32 Å². The number of nitrogens with one attached hydrogen (secondary N) is 1. The van der Waals surface area contributed by atoms with Crippen LogP contribution >= 0.6 is 0 Å². The average Bonchev–Trinajstić information content (AvgIpc) is 2.28. The predicted octanol–water partition coefficient (Wildman–Crippen LogP) is 3.89. The summed E-state index contributed by atoms with van der Waals surface area (Å²) in [5.41, 5.74) is 1.82. The molecule has 1 atom stereocenters. The Balaban J connectivity index is 3.09. The lowest BCUT2D eigenvalue weighted by atomic mass is 9.79. The summed E-state index contributed by atoms with van der Waals surface area (Å²) in [5, 5.41) is 3.40. The van der Waals surface area contributed by atoms with Crippen LogP contribution in [0.2, 0.25) is 25.7 Å². The molecule has 0 aliphatic rings. The monoisotopic (exact) mass is 249 g/mol. The second-order valence-electron chi connectivity index (χ2n) is 6.27. The van der Waals surface area contributed by atoms with Gasteiger partial charge in [0, 0.05) is 20.0 Å². The smallest absolute Gasteiger partial charge is 0.0451 e. The third kappa shape index (κ3) is 3.97. The van der Waals surface area contributed by atoms with Gasteiger partial charge >= 0.3 is 0 Å². The first kappa shape index (κ1) is 14.5. The number of rotatable bonds is 6. The maximum atomic E-state index is 3.40. The highest BCUT2D eigenvalue weighted by molar-refractivity contribution is 6.76. The predicted molar refractivity (Wildman–Crippen MR) is 80.5 cm³/mol. The summed E-state index contributed by atoms with van der Waals surface area (Å²) in [5.74, 6) is 0. The number of likely N-dealkylation sites (N-methyl/N-ethyl adjacent to an activating group) is 1. The molecule has 0 amide bonds. The first-order valence-electron chi connectivity index (χ1n) is 6.64. The maximum Gasteiger partial charge on any atom is 0.0451 e. The Morgan fingerprint density at radius 2 is 1.71 bits per heavy atom. The molecule has 0 heterocycles. The van der Waals surface area contributed by atoms with Gasteiger partial charge in [0.05, 0.1) is 0 Å². The number of benzene rings is 1. The molecule has 96 valence electrons. The summed E-state index contributed by atoms with van der Waals surface area (Å²) in [6, 6.07) is 12.4. The lowest BCUT2D eigenvalue weighted by molar-refractivity contribution is 0.428. The fourth-order valence-corrected chi connectivity index (χ4v) is 5.48. The first-order chi connectivity index (χ1) is 7.93. The first-order valence-corrected chi connectivity index (χ1v) is 10.3. The molecule has 0 radical (unpaired) electrons. The van der Waals surface area contributed by atoms with Gasteiger partial charge in [0.25, 0.3) is 0 Å². The van der Waals surface area contributed by atoms with E-state index < -0.39 is 8.07 Å². The zero-order chi connectivity index (χ0) is 12.9. The van der Waals surface area contributed by atoms with Crippen molar-refractivity contribution in [2.24, 2.45) is 0 Å². The van der Waals surface area contributed by atoms with Gasteiger partial charge in [-0.1, -0.05) is 56.9 Å². The molecule has 1 nitrogen and oxygen atoms in total. The average molecular weight is 249 g/mol. The molecule has 1 aromatic carbocycles. The Bertz CT molecular complexity index is 329. The molecule has 0 aliphatic heterocycles. The van der Waals surface area contributed by atoms with Crippen LogP contribution in [0.4, 0.5) is 0 Å². The van der Waals surface area contributed by atoms with E-state index in [0.29, 0.717) is 5.41 Å². The van der Waals surface area contributed by atoms with E-state index in [-0.39, 0.29) is 0 Å². The number of hydrogen-bond donors (Lipinski definition) is 1. The van der Waals surface area contributed by atoms with E-state index in [9.17, 15) is 0 Å². The fourth-order valence-electron chi connectivity index (χ4n) is 2.87. The van der Waals surface area contributed by atoms with E-state index in [2.05, 4.69) is 69.3 Å². The van der Waals surface area contributed by atoms with Crippen LogP contribution in [-0.4, -0.2) is 21.7 Å². The minimum Gasteiger partial charge on any atom is -0.319 e. The van der Waals surface area contributed by atoms with Crippen molar-refractivity contribution in [1.29, 1.82) is 0 Å². The van der Waals surface area contributed by atoms with Crippen LogP contribution in [0, 0.1) is 0 Å². The van der Waals surface area contributed by atoms with Gasteiger partial charge in [-0.25, -0.2) is 0 Å². The largest absolute Gasteiger partial charge is 0.319 e. The van der Waals surface area contributed by atoms with Crippen molar-refractivity contribution in [3.8, 4) is 0 Å². The highest BCUT2D eigenvalue weighted by atomic mass is 28.3. The molecule has 0 aliphatic carbocycles. The minimum absolute atomic E-state index is 0.320. The van der Waals surface area contributed by atoms with Crippen molar-refractivity contribution < 1.29 is 0 Å². The van der Waals surface area contributed by atoms with Crippen LogP contribution < -0.4 is 5.32 Å². The highest BCUT2D eigenvalue weighted by Gasteiger charge is 2.34. The van der Waals surface area contributed by atoms with Gasteiger partial charge < -0.3 is 5.32 Å². The molecule has 1 unspecified atom stereocenters. The Hall–Kier alpha value is -0.603. The summed E-state index contributed by atoms with van der Waals surface area (Å²) in [7, 11) is 0.993. The van der Waals surface area contributed by atoms with Crippen molar-refractivity contribution in [2.45, 2.75) is 44.4 Å². The van der Waals surface area contributed by atoms with Gasteiger partial charge in [-0.3, -0.25) is 0 Å². The molecular formula is C15H27NSi. The summed E-state index contributed by atoms with van der Waals surface area (Å²) >= 11 is 0. The van der Waals surface area contributed by atoms with E-state index in [1.165, 1.54) is 18.0 Å². The third-order valence-electron chi connectivity index (χ3n) is 3.45. The van der Waals surface area contributed by atoms with Gasteiger partial charge in [-0.05, 0) is 25.1 Å². The normalized spacial score (nSPS) is 15.6. The van der Waals surface area contributed by atoms with Gasteiger partial charge in [0.1, 0.15) is 0 Å². The molecule has 1 aromatic rings. The van der Waals surface area contributed by atoms with Crippen LogP contribution in [0.5, 0.6) is 0 Å². The van der Waals surface area contributed by atoms with Gasteiger partial charge in [-0.2, -0.15) is 0 Å². The Kier molecular flexibility index (Phi) is 4.96. The van der Waals surface area contributed by atoms with Gasteiger partial charge in [0.15, 0.2) is 0 Å². The minimum atomic E-state index is -1.07. The second kappa shape index (κ2) is 5.83. The maximum absolute atomic E-state index is 3.40. The summed E-state index contributed by atoms with van der Waals surface area (Å²) in [6.45, 7) is 10.8. The van der Waals surface area contributed by atoms with Crippen LogP contribution in [0.1, 0.15) is 18.9 Å². The number of hydrogen-bond acceptors (Lipinski definition) is 1. The zero-order valence-electron chi connectivity index (χ0n) is 12.0. The Morgan fingerprint density at radius 1 is 1.12 bits per heavy atom. The molecule has 0 fully saturated rings. The lowest BCUT2D eigenvalue weighted by Crippen LogP contribution is -2.42. The summed E-state index contributed by atoms with van der Waals surface area (Å²) < 4.78 is 0. The third-order valence-corrected chi connectivity index (χ3v) is 5.18.